The molecule has 22 heavy (non-hydrogen) atoms. The summed E-state index contributed by atoms with van der Waals surface area (Å²) >= 11 is 0. The van der Waals surface area contributed by atoms with Crippen molar-refractivity contribution >= 4 is 5.91 Å². The van der Waals surface area contributed by atoms with Gasteiger partial charge in [-0.2, -0.15) is 0 Å². The number of hydrogen-bond donors (Lipinski definition) is 2. The summed E-state index contributed by atoms with van der Waals surface area (Å²) in [5.74, 6) is -0.00721. The van der Waals surface area contributed by atoms with Gasteiger partial charge in [-0.1, -0.05) is 30.3 Å². The SMILES string of the molecule is CC(O)CCNC(=O)CC1CN(Cc2ccccc2)CCO1. The Kier molecular flexibility index (Phi) is 6.83. The molecule has 0 bridgehead atoms. The fourth-order valence-corrected chi connectivity index (χ4v) is 2.59. The van der Waals surface area contributed by atoms with Gasteiger partial charge in [0.15, 0.2) is 0 Å². The van der Waals surface area contributed by atoms with Crippen molar-refractivity contribution in [3.05, 3.63) is 35.9 Å². The highest BCUT2D eigenvalue weighted by Gasteiger charge is 2.22. The molecular weight excluding hydrogens is 280 g/mol. The molecule has 1 heterocycles. The van der Waals surface area contributed by atoms with E-state index in [4.69, 9.17) is 4.74 Å². The zero-order valence-corrected chi connectivity index (χ0v) is 13.2. The van der Waals surface area contributed by atoms with E-state index < -0.39 is 0 Å². The molecule has 1 aromatic carbocycles. The summed E-state index contributed by atoms with van der Waals surface area (Å²) in [5.41, 5.74) is 1.28. The minimum Gasteiger partial charge on any atom is -0.393 e. The van der Waals surface area contributed by atoms with Crippen molar-refractivity contribution in [2.75, 3.05) is 26.2 Å². The number of aliphatic hydroxyl groups excluding tert-OH is 1. The van der Waals surface area contributed by atoms with E-state index in [0.29, 0.717) is 26.0 Å². The van der Waals surface area contributed by atoms with E-state index in [-0.39, 0.29) is 18.1 Å². The molecule has 122 valence electrons. The third-order valence-corrected chi connectivity index (χ3v) is 3.77. The Labute approximate surface area is 132 Å². The second kappa shape index (κ2) is 8.88. The van der Waals surface area contributed by atoms with Gasteiger partial charge in [-0.25, -0.2) is 0 Å². The summed E-state index contributed by atoms with van der Waals surface area (Å²) in [6.07, 6.45) is 0.527. The number of benzene rings is 1. The first-order valence-electron chi connectivity index (χ1n) is 7.96. The number of nitrogens with zero attached hydrogens (tertiary/aromatic N) is 1. The molecule has 1 saturated heterocycles. The highest BCUT2D eigenvalue weighted by atomic mass is 16.5. The Morgan fingerprint density at radius 1 is 1.45 bits per heavy atom. The number of nitrogens with one attached hydrogen (secondary N) is 1. The number of carbonyl (C=O) groups is 1. The maximum absolute atomic E-state index is 11.9. The molecule has 1 fully saturated rings. The van der Waals surface area contributed by atoms with Crippen molar-refractivity contribution in [2.24, 2.45) is 0 Å². The monoisotopic (exact) mass is 306 g/mol. The fraction of sp³-hybridized carbons (Fsp3) is 0.588. The van der Waals surface area contributed by atoms with Gasteiger partial charge in [0.05, 0.1) is 25.2 Å². The molecule has 0 radical (unpaired) electrons. The van der Waals surface area contributed by atoms with Crippen molar-refractivity contribution in [2.45, 2.75) is 38.5 Å². The molecule has 2 atom stereocenters. The normalized spacial score (nSPS) is 20.5. The molecule has 5 heteroatoms. The Bertz CT molecular complexity index is 450. The molecule has 2 unspecified atom stereocenters. The van der Waals surface area contributed by atoms with Crippen LogP contribution in [0.1, 0.15) is 25.3 Å². The Hall–Kier alpha value is -1.43. The molecule has 0 saturated carbocycles. The van der Waals surface area contributed by atoms with E-state index >= 15 is 0 Å². The molecule has 5 nitrogen and oxygen atoms in total. The first kappa shape index (κ1) is 16.9. The van der Waals surface area contributed by atoms with Crippen molar-refractivity contribution in [1.29, 1.82) is 0 Å². The van der Waals surface area contributed by atoms with Crippen LogP contribution < -0.4 is 5.32 Å². The molecule has 2 N–H and O–H groups in total. The zero-order chi connectivity index (χ0) is 15.8. The highest BCUT2D eigenvalue weighted by molar-refractivity contribution is 5.76. The van der Waals surface area contributed by atoms with Crippen LogP contribution in [0.5, 0.6) is 0 Å². The molecule has 1 amide bonds. The standard InChI is InChI=1S/C17H26N2O3/c1-14(20)7-8-18-17(21)11-16-13-19(9-10-22-16)12-15-5-3-2-4-6-15/h2-6,14,16,20H,7-13H2,1H3,(H,18,21). The topological polar surface area (TPSA) is 61.8 Å². The molecule has 0 aliphatic carbocycles. The van der Waals surface area contributed by atoms with E-state index in [1.54, 1.807) is 6.92 Å². The van der Waals surface area contributed by atoms with Crippen LogP contribution in [0.4, 0.5) is 0 Å². The van der Waals surface area contributed by atoms with E-state index in [1.165, 1.54) is 5.56 Å². The highest BCUT2D eigenvalue weighted by Crippen LogP contribution is 2.12. The van der Waals surface area contributed by atoms with Gasteiger partial charge in [-0.05, 0) is 18.9 Å². The van der Waals surface area contributed by atoms with Crippen LogP contribution in [-0.4, -0.2) is 54.4 Å². The quantitative estimate of drug-likeness (QED) is 0.794. The lowest BCUT2D eigenvalue weighted by Crippen LogP contribution is -2.44. The molecule has 0 aromatic heterocycles. The maximum atomic E-state index is 11.9. The van der Waals surface area contributed by atoms with E-state index in [9.17, 15) is 9.90 Å². The predicted molar refractivity (Wildman–Crippen MR) is 85.4 cm³/mol. The van der Waals surface area contributed by atoms with Crippen molar-refractivity contribution in [1.82, 2.24) is 10.2 Å². The lowest BCUT2D eigenvalue weighted by atomic mass is 10.1. The largest absolute Gasteiger partial charge is 0.393 e. The van der Waals surface area contributed by atoms with Crippen LogP contribution >= 0.6 is 0 Å². The summed E-state index contributed by atoms with van der Waals surface area (Å²) in [4.78, 5) is 14.2. The summed E-state index contributed by atoms with van der Waals surface area (Å²) in [5, 5.41) is 12.0. The van der Waals surface area contributed by atoms with Gasteiger partial charge in [0.1, 0.15) is 0 Å². The van der Waals surface area contributed by atoms with Gasteiger partial charge in [0, 0.05) is 26.2 Å². The molecular formula is C17H26N2O3. The fourth-order valence-electron chi connectivity index (χ4n) is 2.59. The van der Waals surface area contributed by atoms with Crippen molar-refractivity contribution in [3.63, 3.8) is 0 Å². The lowest BCUT2D eigenvalue weighted by molar-refractivity contribution is -0.126. The van der Waals surface area contributed by atoms with Crippen molar-refractivity contribution in [3.8, 4) is 0 Å². The van der Waals surface area contributed by atoms with E-state index in [1.807, 2.05) is 18.2 Å². The average Bonchev–Trinajstić information content (AvgIpc) is 2.48. The van der Waals surface area contributed by atoms with Crippen LogP contribution in [0.15, 0.2) is 30.3 Å². The summed E-state index contributed by atoms with van der Waals surface area (Å²) in [7, 11) is 0. The maximum Gasteiger partial charge on any atom is 0.222 e. The first-order chi connectivity index (χ1) is 10.6. The van der Waals surface area contributed by atoms with Crippen LogP contribution in [0.3, 0.4) is 0 Å². The van der Waals surface area contributed by atoms with Crippen LogP contribution in [-0.2, 0) is 16.1 Å². The number of carbonyl (C=O) groups excluding carboxylic acids is 1. The third-order valence-electron chi connectivity index (χ3n) is 3.77. The molecule has 1 aliphatic rings. The third kappa shape index (κ3) is 6.13. The minimum atomic E-state index is -0.382. The minimum absolute atomic E-state index is 0.00721. The number of amides is 1. The Morgan fingerprint density at radius 2 is 2.23 bits per heavy atom. The van der Waals surface area contributed by atoms with Gasteiger partial charge < -0.3 is 15.2 Å². The lowest BCUT2D eigenvalue weighted by Gasteiger charge is -2.32. The summed E-state index contributed by atoms with van der Waals surface area (Å²) in [6.45, 7) is 5.46. The average molecular weight is 306 g/mol. The second-order valence-corrected chi connectivity index (χ2v) is 5.91. The number of ether oxygens (including phenoxy) is 1. The molecule has 0 spiro atoms. The first-order valence-corrected chi connectivity index (χ1v) is 7.96. The van der Waals surface area contributed by atoms with Gasteiger partial charge in [-0.15, -0.1) is 0 Å². The Balaban J connectivity index is 1.72. The molecule has 1 aliphatic heterocycles. The summed E-state index contributed by atoms with van der Waals surface area (Å²) in [6, 6.07) is 10.3. The molecule has 2 rings (SSSR count). The summed E-state index contributed by atoms with van der Waals surface area (Å²) < 4.78 is 5.69. The molecule has 1 aromatic rings. The number of hydrogen-bond acceptors (Lipinski definition) is 4. The Morgan fingerprint density at radius 3 is 2.95 bits per heavy atom. The van der Waals surface area contributed by atoms with Crippen molar-refractivity contribution < 1.29 is 14.6 Å². The van der Waals surface area contributed by atoms with Gasteiger partial charge >= 0.3 is 0 Å². The number of morpholine rings is 1. The number of rotatable bonds is 7. The van der Waals surface area contributed by atoms with Gasteiger partial charge in [-0.3, -0.25) is 9.69 Å². The van der Waals surface area contributed by atoms with Crippen LogP contribution in [0, 0.1) is 0 Å². The number of aliphatic hydroxyl groups is 1. The smallest absolute Gasteiger partial charge is 0.222 e. The van der Waals surface area contributed by atoms with E-state index in [0.717, 1.165) is 19.6 Å². The van der Waals surface area contributed by atoms with Crippen LogP contribution in [0.25, 0.3) is 0 Å². The van der Waals surface area contributed by atoms with Gasteiger partial charge in [0.25, 0.3) is 0 Å². The van der Waals surface area contributed by atoms with E-state index in [2.05, 4.69) is 22.3 Å². The predicted octanol–water partition coefficient (Wildman–Crippen LogP) is 1.16. The second-order valence-electron chi connectivity index (χ2n) is 5.91. The van der Waals surface area contributed by atoms with Gasteiger partial charge in [0.2, 0.25) is 5.91 Å². The zero-order valence-electron chi connectivity index (χ0n) is 13.2. The van der Waals surface area contributed by atoms with Crippen LogP contribution in [0.2, 0.25) is 0 Å².